The van der Waals surface area contributed by atoms with Crippen LogP contribution in [0.3, 0.4) is 0 Å². The number of amides is 1. The number of nitrogens with zero attached hydrogens (tertiary/aromatic N) is 4. The molecule has 0 unspecified atom stereocenters. The summed E-state index contributed by atoms with van der Waals surface area (Å²) in [4.78, 5) is 25.5. The molecule has 31 heavy (non-hydrogen) atoms. The van der Waals surface area contributed by atoms with E-state index in [1.807, 2.05) is 0 Å². The van der Waals surface area contributed by atoms with Crippen LogP contribution in [0.1, 0.15) is 39.8 Å². The van der Waals surface area contributed by atoms with Crippen LogP contribution in [0.15, 0.2) is 24.5 Å². The fraction of sp³-hybridized carbons (Fsp3) is 0.300. The van der Waals surface area contributed by atoms with Crippen molar-refractivity contribution in [3.63, 3.8) is 0 Å². The minimum atomic E-state index is -4.61. The van der Waals surface area contributed by atoms with Gasteiger partial charge in [0.05, 0.1) is 48.9 Å². The SMILES string of the molecule is CCN(Cc1cnc(C(F)(F)F)cn1)C(=O)c1cc2c3c(c(N)nc2cc1F)COC3. The summed E-state index contributed by atoms with van der Waals surface area (Å²) in [5, 5.41) is 0.567. The van der Waals surface area contributed by atoms with Crippen molar-refractivity contribution in [2.75, 3.05) is 12.3 Å². The number of nitrogens with two attached hydrogens (primary N) is 1. The standard InChI is InChI=1S/C20H17F4N5O2/c1-2-29(7-10-5-27-17(6-26-10)20(22,23)24)19(30)12-3-11-13-8-31-9-14(13)18(25)28-16(11)4-15(12)21/h3-6H,2,7-9H2,1H3,(H2,25,28). The average Bonchev–Trinajstić information content (AvgIpc) is 3.22. The Morgan fingerprint density at radius 3 is 2.58 bits per heavy atom. The Balaban J connectivity index is 1.65. The van der Waals surface area contributed by atoms with E-state index < -0.39 is 23.6 Å². The second kappa shape index (κ2) is 7.73. The van der Waals surface area contributed by atoms with E-state index in [2.05, 4.69) is 15.0 Å². The maximum Gasteiger partial charge on any atom is 0.434 e. The third-order valence-electron chi connectivity index (χ3n) is 5.07. The van der Waals surface area contributed by atoms with Crippen LogP contribution >= 0.6 is 0 Å². The van der Waals surface area contributed by atoms with Crippen molar-refractivity contribution in [2.45, 2.75) is 32.9 Å². The van der Waals surface area contributed by atoms with E-state index in [0.29, 0.717) is 29.3 Å². The van der Waals surface area contributed by atoms with Gasteiger partial charge < -0.3 is 15.4 Å². The minimum Gasteiger partial charge on any atom is -0.383 e. The van der Waals surface area contributed by atoms with Gasteiger partial charge >= 0.3 is 6.18 Å². The molecule has 11 heteroatoms. The van der Waals surface area contributed by atoms with Gasteiger partial charge in [0, 0.05) is 23.6 Å². The molecule has 4 rings (SSSR count). The molecule has 0 saturated heterocycles. The molecule has 1 aromatic carbocycles. The highest BCUT2D eigenvalue weighted by atomic mass is 19.4. The lowest BCUT2D eigenvalue weighted by Gasteiger charge is -2.21. The molecule has 1 aliphatic heterocycles. The Labute approximate surface area is 173 Å². The van der Waals surface area contributed by atoms with E-state index in [4.69, 9.17) is 10.5 Å². The number of ether oxygens (including phenoxy) is 1. The number of hydrogen-bond donors (Lipinski definition) is 1. The summed E-state index contributed by atoms with van der Waals surface area (Å²) < 4.78 is 58.1. The molecule has 0 bridgehead atoms. The third kappa shape index (κ3) is 3.88. The fourth-order valence-corrected chi connectivity index (χ4v) is 3.43. The Hall–Kier alpha value is -3.34. The summed E-state index contributed by atoms with van der Waals surface area (Å²) in [7, 11) is 0. The van der Waals surface area contributed by atoms with Gasteiger partial charge in [-0.15, -0.1) is 0 Å². The number of carbonyl (C=O) groups excluding carboxylic acids is 1. The van der Waals surface area contributed by atoms with Gasteiger partial charge in [0.15, 0.2) is 5.69 Å². The van der Waals surface area contributed by atoms with Crippen LogP contribution < -0.4 is 5.73 Å². The first-order valence-electron chi connectivity index (χ1n) is 9.34. The van der Waals surface area contributed by atoms with E-state index in [0.717, 1.165) is 17.8 Å². The van der Waals surface area contributed by atoms with Crippen LogP contribution in [0.25, 0.3) is 10.9 Å². The molecular formula is C20H17F4N5O2. The smallest absolute Gasteiger partial charge is 0.383 e. The maximum absolute atomic E-state index is 14.8. The number of pyridine rings is 1. The lowest BCUT2D eigenvalue weighted by molar-refractivity contribution is -0.141. The van der Waals surface area contributed by atoms with Crippen LogP contribution in [0, 0.1) is 5.82 Å². The lowest BCUT2D eigenvalue weighted by atomic mass is 10.0. The molecule has 0 radical (unpaired) electrons. The number of aromatic nitrogens is 3. The number of fused-ring (bicyclic) bond motifs is 3. The summed E-state index contributed by atoms with van der Waals surface area (Å²) >= 11 is 0. The van der Waals surface area contributed by atoms with Gasteiger partial charge in [-0.05, 0) is 18.6 Å². The van der Waals surface area contributed by atoms with Crippen molar-refractivity contribution in [2.24, 2.45) is 0 Å². The van der Waals surface area contributed by atoms with Crippen molar-refractivity contribution in [1.82, 2.24) is 19.9 Å². The highest BCUT2D eigenvalue weighted by Crippen LogP contribution is 2.33. The Morgan fingerprint density at radius 1 is 1.19 bits per heavy atom. The molecule has 1 aliphatic rings. The van der Waals surface area contributed by atoms with Crippen molar-refractivity contribution in [3.05, 3.63) is 58.4 Å². The van der Waals surface area contributed by atoms with Crippen LogP contribution in [0.2, 0.25) is 0 Å². The number of nitrogen functional groups attached to an aromatic ring is 1. The normalized spacial score (nSPS) is 13.5. The minimum absolute atomic E-state index is 0.126. The van der Waals surface area contributed by atoms with E-state index in [1.54, 1.807) is 6.92 Å². The van der Waals surface area contributed by atoms with Crippen molar-refractivity contribution >= 4 is 22.6 Å². The van der Waals surface area contributed by atoms with Gasteiger partial charge in [0.1, 0.15) is 11.6 Å². The fourth-order valence-electron chi connectivity index (χ4n) is 3.43. The molecule has 2 N–H and O–H groups in total. The summed E-state index contributed by atoms with van der Waals surface area (Å²) in [6, 6.07) is 2.55. The zero-order valence-corrected chi connectivity index (χ0v) is 16.3. The largest absolute Gasteiger partial charge is 0.434 e. The Bertz CT molecular complexity index is 1170. The first-order valence-corrected chi connectivity index (χ1v) is 9.34. The summed E-state index contributed by atoms with van der Waals surface area (Å²) in [6.45, 7) is 2.29. The number of rotatable bonds is 4. The van der Waals surface area contributed by atoms with Crippen LogP contribution in [-0.2, 0) is 30.7 Å². The summed E-state index contributed by atoms with van der Waals surface area (Å²) in [6.07, 6.45) is -3.06. The molecule has 7 nitrogen and oxygen atoms in total. The molecule has 162 valence electrons. The lowest BCUT2D eigenvalue weighted by Crippen LogP contribution is -2.31. The highest BCUT2D eigenvalue weighted by molar-refractivity contribution is 5.99. The van der Waals surface area contributed by atoms with Crippen molar-refractivity contribution < 1.29 is 27.1 Å². The number of hydrogen-bond acceptors (Lipinski definition) is 6. The van der Waals surface area contributed by atoms with Crippen LogP contribution in [-0.4, -0.2) is 32.3 Å². The molecular weight excluding hydrogens is 418 g/mol. The Morgan fingerprint density at radius 2 is 1.94 bits per heavy atom. The summed E-state index contributed by atoms with van der Waals surface area (Å²) in [5.41, 5.74) is 6.52. The zero-order valence-electron chi connectivity index (χ0n) is 16.3. The van der Waals surface area contributed by atoms with E-state index in [9.17, 15) is 22.4 Å². The summed E-state index contributed by atoms with van der Waals surface area (Å²) in [5.74, 6) is -1.15. The number of anilines is 1. The first-order chi connectivity index (χ1) is 14.7. The van der Waals surface area contributed by atoms with Gasteiger partial charge in [-0.1, -0.05) is 0 Å². The van der Waals surface area contributed by atoms with E-state index in [1.165, 1.54) is 11.0 Å². The van der Waals surface area contributed by atoms with E-state index >= 15 is 0 Å². The second-order valence-corrected chi connectivity index (χ2v) is 7.01. The number of alkyl halides is 3. The maximum atomic E-state index is 14.8. The van der Waals surface area contributed by atoms with E-state index in [-0.39, 0.29) is 36.8 Å². The van der Waals surface area contributed by atoms with Gasteiger partial charge in [0.25, 0.3) is 5.91 Å². The molecule has 0 fully saturated rings. The monoisotopic (exact) mass is 435 g/mol. The molecule has 2 aromatic heterocycles. The number of carbonyl (C=O) groups is 1. The topological polar surface area (TPSA) is 94.2 Å². The predicted octanol–water partition coefficient (Wildman–Crippen LogP) is 3.46. The molecule has 0 aliphatic carbocycles. The van der Waals surface area contributed by atoms with Gasteiger partial charge in [-0.2, -0.15) is 13.2 Å². The molecule has 0 saturated carbocycles. The van der Waals surface area contributed by atoms with Crippen molar-refractivity contribution in [1.29, 1.82) is 0 Å². The highest BCUT2D eigenvalue weighted by Gasteiger charge is 2.33. The molecule has 0 atom stereocenters. The van der Waals surface area contributed by atoms with Gasteiger partial charge in [-0.3, -0.25) is 9.78 Å². The predicted molar refractivity (Wildman–Crippen MR) is 102 cm³/mol. The molecule has 0 spiro atoms. The quantitative estimate of drug-likeness (QED) is 0.631. The van der Waals surface area contributed by atoms with Gasteiger partial charge in [-0.25, -0.2) is 14.4 Å². The third-order valence-corrected chi connectivity index (χ3v) is 5.07. The number of benzene rings is 1. The molecule has 1 amide bonds. The molecule has 3 heterocycles. The first kappa shape index (κ1) is 20.9. The van der Waals surface area contributed by atoms with Crippen LogP contribution in [0.4, 0.5) is 23.4 Å². The van der Waals surface area contributed by atoms with Crippen molar-refractivity contribution in [3.8, 4) is 0 Å². The van der Waals surface area contributed by atoms with Crippen LogP contribution in [0.5, 0.6) is 0 Å². The second-order valence-electron chi connectivity index (χ2n) is 7.01. The average molecular weight is 435 g/mol. The zero-order chi connectivity index (χ0) is 22.3. The molecule has 3 aromatic rings. The number of halogens is 4. The van der Waals surface area contributed by atoms with Gasteiger partial charge in [0.2, 0.25) is 0 Å². The Kier molecular flexibility index (Phi) is 5.21.